The van der Waals surface area contributed by atoms with Gasteiger partial charge in [0.2, 0.25) is 0 Å². The van der Waals surface area contributed by atoms with Crippen LogP contribution in [0.1, 0.15) is 10.4 Å². The van der Waals surface area contributed by atoms with E-state index in [1.165, 1.54) is 0 Å². The monoisotopic (exact) mass is 400 g/mol. The van der Waals surface area contributed by atoms with Gasteiger partial charge < -0.3 is 10.1 Å². The lowest BCUT2D eigenvalue weighted by Gasteiger charge is -2.08. The topological polar surface area (TPSA) is 66.0 Å². The summed E-state index contributed by atoms with van der Waals surface area (Å²) in [4.78, 5) is 19.5. The Labute approximate surface area is 150 Å². The van der Waals surface area contributed by atoms with Crippen molar-refractivity contribution in [1.82, 2.24) is 9.97 Å². The van der Waals surface area contributed by atoms with Crippen molar-refractivity contribution in [3.05, 3.63) is 63.7 Å². The molecule has 0 spiro atoms. The summed E-state index contributed by atoms with van der Waals surface area (Å²) in [5.74, 6) is -1.01. The molecule has 0 unspecified atom stereocenters. The first-order valence-corrected chi connectivity index (χ1v) is 8.31. The van der Waals surface area contributed by atoms with Gasteiger partial charge in [-0.15, -0.1) is 0 Å². The van der Waals surface area contributed by atoms with Gasteiger partial charge in [-0.2, -0.15) is 0 Å². The second-order valence-corrected chi connectivity index (χ2v) is 6.71. The first-order chi connectivity index (χ1) is 11.5. The molecule has 2 aromatic heterocycles. The zero-order valence-corrected chi connectivity index (χ0v) is 14.5. The van der Waals surface area contributed by atoms with Crippen LogP contribution in [0.4, 0.5) is 0 Å². The average Bonchev–Trinajstić information content (AvgIpc) is 2.97. The van der Waals surface area contributed by atoms with Gasteiger partial charge in [0.15, 0.2) is 0 Å². The smallest absolute Gasteiger partial charge is 0.336 e. The Kier molecular flexibility index (Phi) is 3.55. The molecule has 2 aromatic carbocycles. The van der Waals surface area contributed by atoms with Gasteiger partial charge in [-0.05, 0) is 30.3 Å². The van der Waals surface area contributed by atoms with Crippen molar-refractivity contribution < 1.29 is 9.90 Å². The average molecular weight is 402 g/mol. The van der Waals surface area contributed by atoms with E-state index >= 15 is 0 Å². The molecule has 0 aliphatic rings. The zero-order chi connectivity index (χ0) is 16.8. The van der Waals surface area contributed by atoms with Crippen LogP contribution in [0.3, 0.4) is 0 Å². The summed E-state index contributed by atoms with van der Waals surface area (Å²) in [6.45, 7) is 0. The van der Waals surface area contributed by atoms with E-state index in [0.717, 1.165) is 20.9 Å². The maximum Gasteiger partial charge on any atom is 0.336 e. The number of nitrogens with one attached hydrogen (secondary N) is 1. The Morgan fingerprint density at radius 1 is 1.17 bits per heavy atom. The highest BCUT2D eigenvalue weighted by atomic mass is 79.9. The molecule has 4 rings (SSSR count). The number of aromatic amines is 1. The van der Waals surface area contributed by atoms with Crippen LogP contribution in [0.5, 0.6) is 0 Å². The van der Waals surface area contributed by atoms with E-state index < -0.39 is 5.97 Å². The van der Waals surface area contributed by atoms with Crippen LogP contribution in [-0.4, -0.2) is 21.0 Å². The number of H-pyrrole nitrogens is 1. The number of rotatable bonds is 2. The quantitative estimate of drug-likeness (QED) is 0.466. The molecule has 2 N–H and O–H groups in total. The van der Waals surface area contributed by atoms with E-state index in [2.05, 4.69) is 25.9 Å². The summed E-state index contributed by atoms with van der Waals surface area (Å²) < 4.78 is 0.938. The van der Waals surface area contributed by atoms with Crippen LogP contribution in [0.15, 0.2) is 53.1 Å². The Morgan fingerprint density at radius 3 is 2.79 bits per heavy atom. The summed E-state index contributed by atoms with van der Waals surface area (Å²) >= 11 is 9.70. The van der Waals surface area contributed by atoms with E-state index in [1.807, 2.05) is 24.4 Å². The number of aromatic carboxylic acids is 1. The predicted molar refractivity (Wildman–Crippen MR) is 98.7 cm³/mol. The maximum atomic E-state index is 11.7. The minimum absolute atomic E-state index is 0.182. The van der Waals surface area contributed by atoms with Crippen molar-refractivity contribution in [2.75, 3.05) is 0 Å². The van der Waals surface area contributed by atoms with Crippen molar-refractivity contribution in [3.63, 3.8) is 0 Å². The highest BCUT2D eigenvalue weighted by molar-refractivity contribution is 9.10. The van der Waals surface area contributed by atoms with Crippen LogP contribution < -0.4 is 0 Å². The molecule has 24 heavy (non-hydrogen) atoms. The molecule has 0 amide bonds. The van der Waals surface area contributed by atoms with Crippen molar-refractivity contribution >= 4 is 55.3 Å². The summed E-state index contributed by atoms with van der Waals surface area (Å²) in [6, 6.07) is 12.6. The van der Waals surface area contributed by atoms with Gasteiger partial charge in [0.1, 0.15) is 0 Å². The summed E-state index contributed by atoms with van der Waals surface area (Å²) in [7, 11) is 0. The fourth-order valence-electron chi connectivity index (χ4n) is 2.83. The molecule has 118 valence electrons. The van der Waals surface area contributed by atoms with Crippen molar-refractivity contribution in [1.29, 1.82) is 0 Å². The molecule has 0 bridgehead atoms. The minimum atomic E-state index is -1.01. The van der Waals surface area contributed by atoms with Crippen LogP contribution in [0.25, 0.3) is 33.1 Å². The molecular weight excluding hydrogens is 392 g/mol. The number of carboxylic acids is 1. The lowest BCUT2D eigenvalue weighted by Crippen LogP contribution is -2.00. The number of hydrogen-bond donors (Lipinski definition) is 2. The molecule has 0 aliphatic heterocycles. The first kappa shape index (κ1) is 15.2. The van der Waals surface area contributed by atoms with E-state index in [4.69, 9.17) is 11.6 Å². The normalized spacial score (nSPS) is 11.2. The van der Waals surface area contributed by atoms with Crippen molar-refractivity contribution in [3.8, 4) is 11.3 Å². The Hall–Kier alpha value is -2.37. The van der Waals surface area contributed by atoms with Gasteiger partial charge in [0.25, 0.3) is 0 Å². The molecule has 0 saturated carbocycles. The van der Waals surface area contributed by atoms with E-state index in [0.29, 0.717) is 21.6 Å². The Morgan fingerprint density at radius 2 is 2.00 bits per heavy atom. The summed E-state index contributed by atoms with van der Waals surface area (Å²) in [5, 5.41) is 11.5. The number of nitrogens with zero attached hydrogens (tertiary/aromatic N) is 1. The Bertz CT molecular complexity index is 1120. The molecule has 0 aliphatic carbocycles. The third kappa shape index (κ3) is 2.37. The van der Waals surface area contributed by atoms with Gasteiger partial charge in [-0.25, -0.2) is 9.78 Å². The number of aromatic nitrogens is 2. The second-order valence-electron chi connectivity index (χ2n) is 5.39. The third-order valence-corrected chi connectivity index (χ3v) is 4.74. The molecule has 0 fully saturated rings. The van der Waals surface area contributed by atoms with Crippen LogP contribution >= 0.6 is 27.5 Å². The molecule has 4 aromatic rings. The minimum Gasteiger partial charge on any atom is -0.478 e. The van der Waals surface area contributed by atoms with E-state index in [1.54, 1.807) is 24.3 Å². The number of carboxylic acid groups (broad SMARTS) is 1. The van der Waals surface area contributed by atoms with Gasteiger partial charge >= 0.3 is 5.97 Å². The highest BCUT2D eigenvalue weighted by Crippen LogP contribution is 2.33. The fraction of sp³-hybridized carbons (Fsp3) is 0. The molecule has 4 nitrogen and oxygen atoms in total. The standard InChI is InChI=1S/C18H10BrClN2O2/c19-9-4-5-15-11(6-9)13(8-21-15)16-7-12(18(23)24)10-2-1-3-14(20)17(10)22-16/h1-8,21H,(H,23,24). The van der Waals surface area contributed by atoms with Crippen LogP contribution in [-0.2, 0) is 0 Å². The number of benzene rings is 2. The number of para-hydroxylation sites is 1. The molecule has 0 radical (unpaired) electrons. The lowest BCUT2D eigenvalue weighted by molar-refractivity contribution is 0.0699. The lowest BCUT2D eigenvalue weighted by atomic mass is 10.0. The predicted octanol–water partition coefficient (Wildman–Crippen LogP) is 5.50. The van der Waals surface area contributed by atoms with Crippen LogP contribution in [0, 0.1) is 0 Å². The third-order valence-electron chi connectivity index (χ3n) is 3.94. The second kappa shape index (κ2) is 5.61. The van der Waals surface area contributed by atoms with Crippen molar-refractivity contribution in [2.45, 2.75) is 0 Å². The van der Waals surface area contributed by atoms with Gasteiger partial charge in [0.05, 0.1) is 21.8 Å². The summed E-state index contributed by atoms with van der Waals surface area (Å²) in [5.41, 5.74) is 3.01. The maximum absolute atomic E-state index is 11.7. The number of fused-ring (bicyclic) bond motifs is 2. The number of pyridine rings is 1. The molecule has 0 saturated heterocycles. The molecule has 6 heteroatoms. The van der Waals surface area contributed by atoms with E-state index in [9.17, 15) is 9.90 Å². The molecule has 0 atom stereocenters. The van der Waals surface area contributed by atoms with E-state index in [-0.39, 0.29) is 5.56 Å². The number of hydrogen-bond acceptors (Lipinski definition) is 2. The highest BCUT2D eigenvalue weighted by Gasteiger charge is 2.16. The molecule has 2 heterocycles. The van der Waals surface area contributed by atoms with Crippen LogP contribution in [0.2, 0.25) is 5.02 Å². The number of halogens is 2. The summed E-state index contributed by atoms with van der Waals surface area (Å²) in [6.07, 6.45) is 1.83. The molecular formula is C18H10BrClN2O2. The van der Waals surface area contributed by atoms with Gasteiger partial charge in [-0.1, -0.05) is 39.7 Å². The largest absolute Gasteiger partial charge is 0.478 e. The zero-order valence-electron chi connectivity index (χ0n) is 12.2. The van der Waals surface area contributed by atoms with Gasteiger partial charge in [0, 0.05) is 32.5 Å². The first-order valence-electron chi connectivity index (χ1n) is 7.14. The fourth-order valence-corrected chi connectivity index (χ4v) is 3.41. The van der Waals surface area contributed by atoms with Crippen molar-refractivity contribution in [2.24, 2.45) is 0 Å². The number of carbonyl (C=O) groups is 1. The Balaban J connectivity index is 2.08. The SMILES string of the molecule is O=C(O)c1cc(-c2c[nH]c3ccc(Br)cc23)nc2c(Cl)cccc12. The van der Waals surface area contributed by atoms with Gasteiger partial charge in [-0.3, -0.25) is 0 Å².